The first kappa shape index (κ1) is 12.2. The third-order valence-corrected chi connectivity index (χ3v) is 2.00. The van der Waals surface area contributed by atoms with Crippen LogP contribution in [0, 0.1) is 0 Å². The quantitative estimate of drug-likeness (QED) is 0.684. The van der Waals surface area contributed by atoms with E-state index >= 15 is 0 Å². The fourth-order valence-electron chi connectivity index (χ4n) is 1.06. The third kappa shape index (κ3) is 4.10. The van der Waals surface area contributed by atoms with Crippen LogP contribution in [0.1, 0.15) is 6.92 Å². The van der Waals surface area contributed by atoms with Crippen molar-refractivity contribution in [3.63, 3.8) is 0 Å². The van der Waals surface area contributed by atoms with Gasteiger partial charge in [-0.25, -0.2) is 0 Å². The molecule has 0 heterocycles. The summed E-state index contributed by atoms with van der Waals surface area (Å²) in [4.78, 5) is 21.8. The molecule has 0 unspecified atom stereocenters. The molecule has 1 atom stereocenters. The lowest BCUT2D eigenvalue weighted by Crippen LogP contribution is -2.39. The fraction of sp³-hybridized carbons (Fsp3) is 0.273. The molecule has 1 amide bonds. The molecule has 16 heavy (non-hydrogen) atoms. The van der Waals surface area contributed by atoms with Crippen LogP contribution in [0.25, 0.3) is 0 Å². The summed E-state index contributed by atoms with van der Waals surface area (Å²) < 4.78 is 0. The summed E-state index contributed by atoms with van der Waals surface area (Å²) in [7, 11) is 0. The van der Waals surface area contributed by atoms with Crippen molar-refractivity contribution in [2.24, 2.45) is 0 Å². The first-order chi connectivity index (χ1) is 7.59. The Labute approximate surface area is 93.5 Å². The van der Waals surface area contributed by atoms with Crippen molar-refractivity contribution in [3.8, 4) is 0 Å². The number of carboxylic acid groups (broad SMARTS) is 1. The van der Waals surface area contributed by atoms with Crippen molar-refractivity contribution < 1.29 is 14.7 Å². The zero-order valence-electron chi connectivity index (χ0n) is 8.93. The van der Waals surface area contributed by atoms with E-state index in [9.17, 15) is 9.59 Å². The van der Waals surface area contributed by atoms with Crippen molar-refractivity contribution in [2.45, 2.75) is 13.0 Å². The van der Waals surface area contributed by atoms with E-state index in [1.54, 1.807) is 12.1 Å². The van der Waals surface area contributed by atoms with E-state index in [0.717, 1.165) is 0 Å². The number of para-hydroxylation sites is 1. The monoisotopic (exact) mass is 222 g/mol. The molecule has 0 aromatic heterocycles. The minimum atomic E-state index is -0.979. The number of carbonyl (C=O) groups excluding carboxylic acids is 1. The number of carboxylic acids is 1. The highest BCUT2D eigenvalue weighted by Crippen LogP contribution is 2.03. The summed E-state index contributed by atoms with van der Waals surface area (Å²) in [6.07, 6.45) is 0. The Balaban J connectivity index is 2.35. The topological polar surface area (TPSA) is 78.4 Å². The Morgan fingerprint density at radius 3 is 2.50 bits per heavy atom. The van der Waals surface area contributed by atoms with Crippen LogP contribution in [0.5, 0.6) is 0 Å². The summed E-state index contributed by atoms with van der Waals surface area (Å²) in [6.45, 7) is 1.46. The van der Waals surface area contributed by atoms with Crippen LogP contribution < -0.4 is 10.6 Å². The van der Waals surface area contributed by atoms with Gasteiger partial charge in [-0.1, -0.05) is 18.2 Å². The lowest BCUT2D eigenvalue weighted by molar-refractivity contribution is -0.139. The standard InChI is InChI=1S/C11H14N2O3/c1-8(11(15)16)12-7-10(14)13-9-5-3-2-4-6-9/h2-6,8,12H,7H2,1H3,(H,13,14)(H,15,16)/t8-/m0/s1. The van der Waals surface area contributed by atoms with E-state index in [2.05, 4.69) is 10.6 Å². The second-order valence-corrected chi connectivity index (χ2v) is 3.36. The van der Waals surface area contributed by atoms with Crippen molar-refractivity contribution in [1.29, 1.82) is 0 Å². The highest BCUT2D eigenvalue weighted by Gasteiger charge is 2.11. The van der Waals surface area contributed by atoms with Gasteiger partial charge in [0.05, 0.1) is 6.54 Å². The minimum Gasteiger partial charge on any atom is -0.480 e. The number of carbonyl (C=O) groups is 2. The molecule has 0 aliphatic carbocycles. The first-order valence-corrected chi connectivity index (χ1v) is 4.90. The molecule has 3 N–H and O–H groups in total. The van der Waals surface area contributed by atoms with Gasteiger partial charge in [0.1, 0.15) is 6.04 Å². The highest BCUT2D eigenvalue weighted by atomic mass is 16.4. The summed E-state index contributed by atoms with van der Waals surface area (Å²) in [5.41, 5.74) is 0.692. The van der Waals surface area contributed by atoms with Crippen LogP contribution in [0.2, 0.25) is 0 Å². The Morgan fingerprint density at radius 2 is 1.94 bits per heavy atom. The van der Waals surface area contributed by atoms with Gasteiger partial charge in [-0.05, 0) is 19.1 Å². The van der Waals surface area contributed by atoms with E-state index in [1.807, 2.05) is 18.2 Å². The van der Waals surface area contributed by atoms with Crippen LogP contribution in [0.3, 0.4) is 0 Å². The Hall–Kier alpha value is -1.88. The molecule has 0 saturated heterocycles. The van der Waals surface area contributed by atoms with E-state index in [0.29, 0.717) is 5.69 Å². The third-order valence-electron chi connectivity index (χ3n) is 2.00. The zero-order valence-corrected chi connectivity index (χ0v) is 8.93. The summed E-state index contributed by atoms with van der Waals surface area (Å²) in [5.74, 6) is -1.24. The number of anilines is 1. The molecular formula is C11H14N2O3. The smallest absolute Gasteiger partial charge is 0.320 e. The Kier molecular flexibility index (Phi) is 4.47. The Morgan fingerprint density at radius 1 is 1.31 bits per heavy atom. The highest BCUT2D eigenvalue weighted by molar-refractivity contribution is 5.92. The van der Waals surface area contributed by atoms with E-state index in [1.165, 1.54) is 6.92 Å². The van der Waals surface area contributed by atoms with Gasteiger partial charge in [0.25, 0.3) is 0 Å². The molecule has 86 valence electrons. The van der Waals surface area contributed by atoms with Crippen LogP contribution in [0.15, 0.2) is 30.3 Å². The molecule has 5 heteroatoms. The normalized spacial score (nSPS) is 11.8. The number of hydrogen-bond donors (Lipinski definition) is 3. The predicted molar refractivity (Wildman–Crippen MR) is 60.2 cm³/mol. The molecule has 0 radical (unpaired) electrons. The van der Waals surface area contributed by atoms with E-state index in [-0.39, 0.29) is 12.5 Å². The number of amides is 1. The fourth-order valence-corrected chi connectivity index (χ4v) is 1.06. The van der Waals surface area contributed by atoms with Gasteiger partial charge in [0.2, 0.25) is 5.91 Å². The van der Waals surface area contributed by atoms with Gasteiger partial charge in [0.15, 0.2) is 0 Å². The maximum absolute atomic E-state index is 11.4. The van der Waals surface area contributed by atoms with Crippen molar-refractivity contribution >= 4 is 17.6 Å². The van der Waals surface area contributed by atoms with Crippen LogP contribution in [-0.4, -0.2) is 29.6 Å². The molecule has 1 rings (SSSR count). The molecule has 0 aliphatic heterocycles. The molecule has 0 aliphatic rings. The van der Waals surface area contributed by atoms with Crippen LogP contribution in [-0.2, 0) is 9.59 Å². The predicted octanol–water partition coefficient (Wildman–Crippen LogP) is 0.688. The maximum atomic E-state index is 11.4. The first-order valence-electron chi connectivity index (χ1n) is 4.90. The maximum Gasteiger partial charge on any atom is 0.320 e. The SMILES string of the molecule is C[C@H](NCC(=O)Nc1ccccc1)C(=O)O. The largest absolute Gasteiger partial charge is 0.480 e. The Bertz CT molecular complexity index is 365. The number of aliphatic carboxylic acids is 1. The van der Waals surface area contributed by atoms with Crippen LogP contribution in [0.4, 0.5) is 5.69 Å². The van der Waals surface area contributed by atoms with E-state index < -0.39 is 12.0 Å². The zero-order chi connectivity index (χ0) is 12.0. The molecule has 0 fully saturated rings. The molecule has 1 aromatic carbocycles. The number of rotatable bonds is 5. The second-order valence-electron chi connectivity index (χ2n) is 3.36. The van der Waals surface area contributed by atoms with Gasteiger partial charge in [0, 0.05) is 5.69 Å². The molecule has 0 bridgehead atoms. The van der Waals surface area contributed by atoms with Gasteiger partial charge < -0.3 is 10.4 Å². The van der Waals surface area contributed by atoms with E-state index in [4.69, 9.17) is 5.11 Å². The summed E-state index contributed by atoms with van der Waals surface area (Å²) in [5, 5.41) is 13.8. The van der Waals surface area contributed by atoms with Crippen molar-refractivity contribution in [2.75, 3.05) is 11.9 Å². The lowest BCUT2D eigenvalue weighted by atomic mass is 10.3. The van der Waals surface area contributed by atoms with Gasteiger partial charge in [-0.3, -0.25) is 14.9 Å². The lowest BCUT2D eigenvalue weighted by Gasteiger charge is -2.09. The molecular weight excluding hydrogens is 208 g/mol. The average molecular weight is 222 g/mol. The molecule has 1 aromatic rings. The van der Waals surface area contributed by atoms with Gasteiger partial charge in [-0.2, -0.15) is 0 Å². The number of benzene rings is 1. The second kappa shape index (κ2) is 5.87. The van der Waals surface area contributed by atoms with Crippen molar-refractivity contribution in [1.82, 2.24) is 5.32 Å². The average Bonchev–Trinajstić information content (AvgIpc) is 2.27. The van der Waals surface area contributed by atoms with Gasteiger partial charge in [-0.15, -0.1) is 0 Å². The van der Waals surface area contributed by atoms with Crippen molar-refractivity contribution in [3.05, 3.63) is 30.3 Å². The molecule has 5 nitrogen and oxygen atoms in total. The minimum absolute atomic E-state index is 0.0254. The molecule has 0 spiro atoms. The summed E-state index contributed by atoms with van der Waals surface area (Å²) >= 11 is 0. The summed E-state index contributed by atoms with van der Waals surface area (Å²) in [6, 6.07) is 8.25. The number of nitrogens with one attached hydrogen (secondary N) is 2. The molecule has 0 saturated carbocycles. The number of hydrogen-bond acceptors (Lipinski definition) is 3. The van der Waals surface area contributed by atoms with Crippen LogP contribution >= 0.6 is 0 Å². The van der Waals surface area contributed by atoms with Gasteiger partial charge >= 0.3 is 5.97 Å².